The van der Waals surface area contributed by atoms with Crippen LogP contribution >= 0.6 is 0 Å². The molecule has 3 nitrogen and oxygen atoms in total. The molecule has 0 aliphatic rings. The van der Waals surface area contributed by atoms with Crippen LogP contribution in [-0.2, 0) is 0 Å². The van der Waals surface area contributed by atoms with Gasteiger partial charge in [0.1, 0.15) is 7.85 Å². The minimum Gasteiger partial charge on any atom is -0.401 e. The molecule has 0 aliphatic carbocycles. The third-order valence-corrected chi connectivity index (χ3v) is 4.05. The molecule has 0 amide bonds. The van der Waals surface area contributed by atoms with E-state index in [1.807, 2.05) is 38.1 Å². The predicted octanol–water partition coefficient (Wildman–Crippen LogP) is 2.25. The van der Waals surface area contributed by atoms with Gasteiger partial charge in [-0.1, -0.05) is 18.2 Å². The summed E-state index contributed by atoms with van der Waals surface area (Å²) in [5.74, 6) is 0. The Morgan fingerprint density at radius 3 is 2.35 bits per heavy atom. The lowest BCUT2D eigenvalue weighted by Gasteiger charge is -2.29. The lowest BCUT2D eigenvalue weighted by Crippen LogP contribution is -2.31. The summed E-state index contributed by atoms with van der Waals surface area (Å²) in [5, 5.41) is 11.0. The Morgan fingerprint density at radius 2 is 1.80 bits per heavy atom. The largest absolute Gasteiger partial charge is 0.401 e. The van der Waals surface area contributed by atoms with Gasteiger partial charge in [0.25, 0.3) is 0 Å². The van der Waals surface area contributed by atoms with Gasteiger partial charge in [0, 0.05) is 17.1 Å². The number of fused-ring (bicyclic) bond motifs is 1. The molecule has 2 rings (SSSR count). The van der Waals surface area contributed by atoms with E-state index in [-0.39, 0.29) is 6.04 Å². The van der Waals surface area contributed by atoms with Crippen LogP contribution in [0.5, 0.6) is 0 Å². The Morgan fingerprint density at radius 1 is 1.15 bits per heavy atom. The first-order chi connectivity index (χ1) is 9.34. The van der Waals surface area contributed by atoms with Gasteiger partial charge in [0.2, 0.25) is 0 Å². The molecule has 1 aromatic carbocycles. The molecule has 2 aromatic rings. The van der Waals surface area contributed by atoms with Crippen LogP contribution in [0.25, 0.3) is 10.9 Å². The van der Waals surface area contributed by atoms with Gasteiger partial charge in [-0.2, -0.15) is 0 Å². The standard InChI is InChI=1S/C16H21BN2O/c1-9-10(2)12-7-6-8-13(14(12)18-11(9)3)15(16(17)20)19(4)5/h6-8,15-16,20H,1-5H3. The van der Waals surface area contributed by atoms with Gasteiger partial charge in [-0.25, -0.2) is 0 Å². The number of aliphatic hydroxyl groups is 1. The second kappa shape index (κ2) is 5.54. The predicted molar refractivity (Wildman–Crippen MR) is 84.1 cm³/mol. The summed E-state index contributed by atoms with van der Waals surface area (Å²) in [5.41, 5.74) is 5.36. The molecule has 0 fully saturated rings. The smallest absolute Gasteiger partial charge is 0.111 e. The topological polar surface area (TPSA) is 36.4 Å². The highest BCUT2D eigenvalue weighted by atomic mass is 16.3. The molecule has 2 unspecified atom stereocenters. The van der Waals surface area contributed by atoms with Crippen molar-refractivity contribution in [3.63, 3.8) is 0 Å². The van der Waals surface area contributed by atoms with Crippen molar-refractivity contribution >= 4 is 18.7 Å². The first-order valence-corrected chi connectivity index (χ1v) is 6.81. The van der Waals surface area contributed by atoms with Crippen LogP contribution in [0.1, 0.15) is 28.4 Å². The lowest BCUT2D eigenvalue weighted by atomic mass is 9.85. The van der Waals surface area contributed by atoms with Gasteiger partial charge in [0.05, 0.1) is 11.6 Å². The average Bonchev–Trinajstić information content (AvgIpc) is 2.36. The molecule has 0 bridgehead atoms. The Bertz CT molecular complexity index is 630. The fraction of sp³-hybridized carbons (Fsp3) is 0.438. The third kappa shape index (κ3) is 2.46. The molecule has 0 aliphatic heterocycles. The minimum absolute atomic E-state index is 0.271. The number of para-hydroxylation sites is 1. The number of nitrogens with zero attached hydrogens (tertiary/aromatic N) is 2. The second-order valence-corrected chi connectivity index (χ2v) is 5.59. The molecule has 0 saturated heterocycles. The maximum absolute atomic E-state index is 9.90. The summed E-state index contributed by atoms with van der Waals surface area (Å²) in [4.78, 5) is 6.65. The number of aromatic nitrogens is 1. The number of likely N-dealkylation sites (N-methyl/N-ethyl adjacent to an activating group) is 1. The molecule has 0 spiro atoms. The van der Waals surface area contributed by atoms with Gasteiger partial charge in [-0.15, -0.1) is 0 Å². The van der Waals surface area contributed by atoms with Crippen LogP contribution in [0.3, 0.4) is 0 Å². The van der Waals surface area contributed by atoms with E-state index < -0.39 is 6.00 Å². The summed E-state index contributed by atoms with van der Waals surface area (Å²) >= 11 is 0. The zero-order chi connectivity index (χ0) is 15.0. The first kappa shape index (κ1) is 15.0. The molecule has 20 heavy (non-hydrogen) atoms. The summed E-state index contributed by atoms with van der Waals surface area (Å²) in [7, 11) is 9.57. The number of rotatable bonds is 3. The van der Waals surface area contributed by atoms with Crippen molar-refractivity contribution in [3.8, 4) is 0 Å². The van der Waals surface area contributed by atoms with Crippen LogP contribution in [-0.4, -0.2) is 42.9 Å². The van der Waals surface area contributed by atoms with E-state index in [9.17, 15) is 5.11 Å². The molecule has 104 valence electrons. The molecule has 0 saturated carbocycles. The van der Waals surface area contributed by atoms with Gasteiger partial charge in [-0.05, 0) is 51.6 Å². The Hall–Kier alpha value is -1.39. The normalized spacial score (nSPS) is 14.8. The van der Waals surface area contributed by atoms with Crippen molar-refractivity contribution in [2.45, 2.75) is 32.8 Å². The zero-order valence-electron chi connectivity index (χ0n) is 12.8. The summed E-state index contributed by atoms with van der Waals surface area (Å²) in [6.45, 7) is 6.22. The number of hydrogen-bond donors (Lipinski definition) is 1. The molecule has 1 aromatic heterocycles. The number of hydrogen-bond acceptors (Lipinski definition) is 3. The molecule has 1 heterocycles. The van der Waals surface area contributed by atoms with E-state index in [1.165, 1.54) is 11.1 Å². The molecule has 2 atom stereocenters. The molecular formula is C16H21BN2O. The SMILES string of the molecule is [B]C(O)C(c1cccc2c(C)c(C)c(C)nc12)N(C)C. The fourth-order valence-electron chi connectivity index (χ4n) is 2.72. The van der Waals surface area contributed by atoms with Gasteiger partial charge >= 0.3 is 0 Å². The second-order valence-electron chi connectivity index (χ2n) is 5.59. The van der Waals surface area contributed by atoms with Crippen molar-refractivity contribution < 1.29 is 5.11 Å². The summed E-state index contributed by atoms with van der Waals surface area (Å²) < 4.78 is 0. The Kier molecular flexibility index (Phi) is 4.16. The van der Waals surface area contributed by atoms with E-state index in [0.29, 0.717) is 0 Å². The minimum atomic E-state index is -0.945. The quantitative estimate of drug-likeness (QED) is 0.867. The third-order valence-electron chi connectivity index (χ3n) is 4.05. The van der Waals surface area contributed by atoms with Crippen LogP contribution in [0.2, 0.25) is 0 Å². The maximum Gasteiger partial charge on any atom is 0.111 e. The van der Waals surface area contributed by atoms with Crippen LogP contribution in [0.15, 0.2) is 18.2 Å². The van der Waals surface area contributed by atoms with Gasteiger partial charge in [-0.3, -0.25) is 4.98 Å². The highest BCUT2D eigenvalue weighted by Crippen LogP contribution is 2.30. The van der Waals surface area contributed by atoms with Crippen LogP contribution in [0, 0.1) is 20.8 Å². The van der Waals surface area contributed by atoms with E-state index >= 15 is 0 Å². The highest BCUT2D eigenvalue weighted by Gasteiger charge is 2.22. The number of aryl methyl sites for hydroxylation is 2. The monoisotopic (exact) mass is 268 g/mol. The van der Waals surface area contributed by atoms with E-state index in [1.54, 1.807) is 0 Å². The van der Waals surface area contributed by atoms with E-state index in [0.717, 1.165) is 22.2 Å². The number of aliphatic hydroxyl groups excluding tert-OH is 1. The van der Waals surface area contributed by atoms with Gasteiger partial charge < -0.3 is 10.0 Å². The van der Waals surface area contributed by atoms with Gasteiger partial charge in [0.15, 0.2) is 0 Å². The molecule has 1 N–H and O–H groups in total. The van der Waals surface area contributed by atoms with E-state index in [2.05, 4.69) is 19.9 Å². The van der Waals surface area contributed by atoms with Crippen molar-refractivity contribution in [3.05, 3.63) is 40.6 Å². The summed E-state index contributed by atoms with van der Waals surface area (Å²) in [6, 6.07) is 4.85. The van der Waals surface area contributed by atoms with Crippen LogP contribution < -0.4 is 0 Å². The number of pyridine rings is 1. The Labute approximate surface area is 122 Å². The molecular weight excluding hydrogens is 247 g/mol. The van der Waals surface area contributed by atoms with Crippen molar-refractivity contribution in [2.24, 2.45) is 0 Å². The molecule has 4 heteroatoms. The Balaban J connectivity index is 2.78. The number of benzene rings is 1. The van der Waals surface area contributed by atoms with Crippen molar-refractivity contribution in [1.29, 1.82) is 0 Å². The average molecular weight is 268 g/mol. The van der Waals surface area contributed by atoms with Crippen molar-refractivity contribution in [1.82, 2.24) is 9.88 Å². The summed E-state index contributed by atoms with van der Waals surface area (Å²) in [6.07, 6.45) is 0. The van der Waals surface area contributed by atoms with Crippen LogP contribution in [0.4, 0.5) is 0 Å². The van der Waals surface area contributed by atoms with E-state index in [4.69, 9.17) is 12.8 Å². The zero-order valence-corrected chi connectivity index (χ0v) is 12.8. The fourth-order valence-corrected chi connectivity index (χ4v) is 2.72. The molecule has 2 radical (unpaired) electrons. The lowest BCUT2D eigenvalue weighted by molar-refractivity contribution is 0.138. The highest BCUT2D eigenvalue weighted by molar-refractivity contribution is 6.11. The van der Waals surface area contributed by atoms with Crippen molar-refractivity contribution in [2.75, 3.05) is 14.1 Å². The maximum atomic E-state index is 9.90. The first-order valence-electron chi connectivity index (χ1n) is 6.81.